The lowest BCUT2D eigenvalue weighted by Gasteiger charge is -2.26. The molecule has 1 saturated heterocycles. The largest absolute Gasteiger partial charge is 0.339 e. The van der Waals surface area contributed by atoms with Gasteiger partial charge in [-0.1, -0.05) is 19.0 Å². The summed E-state index contributed by atoms with van der Waals surface area (Å²) in [5, 5.41) is 12.0. The maximum atomic E-state index is 12.3. The number of hydrogen-bond acceptors (Lipinski definition) is 6. The van der Waals surface area contributed by atoms with Crippen LogP contribution in [0.4, 0.5) is 0 Å². The minimum Gasteiger partial charge on any atom is -0.339 e. The number of likely N-dealkylation sites (N-methyl/N-ethyl adjacent to an activating group) is 1. The molecule has 8 heteroatoms. The molecule has 8 nitrogen and oxygen atoms in total. The monoisotopic (exact) mass is 360 g/mol. The molecule has 1 fully saturated rings. The minimum atomic E-state index is -0.0433. The van der Waals surface area contributed by atoms with Gasteiger partial charge in [0.15, 0.2) is 5.82 Å². The third-order valence-electron chi connectivity index (χ3n) is 5.06. The number of aromatic nitrogens is 4. The van der Waals surface area contributed by atoms with E-state index < -0.39 is 0 Å². The SMILES string of the molecule is Cc1nn(C)c(C)c1[C@H]1[C@H](NCc2noc(CC(C)C)n2)CC(=O)N1C. The number of amides is 1. The second kappa shape index (κ2) is 7.19. The highest BCUT2D eigenvalue weighted by Crippen LogP contribution is 2.35. The van der Waals surface area contributed by atoms with E-state index in [0.29, 0.717) is 30.6 Å². The van der Waals surface area contributed by atoms with Gasteiger partial charge in [-0.3, -0.25) is 9.48 Å². The van der Waals surface area contributed by atoms with Crippen molar-refractivity contribution in [1.82, 2.24) is 30.1 Å². The summed E-state index contributed by atoms with van der Waals surface area (Å²) in [6.07, 6.45) is 1.22. The quantitative estimate of drug-likeness (QED) is 0.843. The molecule has 1 N–H and O–H groups in total. The lowest BCUT2D eigenvalue weighted by atomic mass is 9.98. The third kappa shape index (κ3) is 3.51. The van der Waals surface area contributed by atoms with Gasteiger partial charge in [0.25, 0.3) is 0 Å². The molecule has 2 aromatic heterocycles. The molecule has 3 heterocycles. The molecular formula is C18H28N6O2. The maximum absolute atomic E-state index is 12.3. The summed E-state index contributed by atoms with van der Waals surface area (Å²) in [6.45, 7) is 8.74. The molecule has 2 aromatic rings. The Morgan fingerprint density at radius 3 is 2.65 bits per heavy atom. The molecule has 0 spiro atoms. The number of carbonyl (C=O) groups excluding carboxylic acids is 1. The van der Waals surface area contributed by atoms with Gasteiger partial charge in [-0.25, -0.2) is 0 Å². The highest BCUT2D eigenvalue weighted by atomic mass is 16.5. The molecule has 0 aliphatic carbocycles. The summed E-state index contributed by atoms with van der Waals surface area (Å²) in [6, 6.07) is -0.0561. The Morgan fingerprint density at radius 1 is 1.31 bits per heavy atom. The Morgan fingerprint density at radius 2 is 2.04 bits per heavy atom. The highest BCUT2D eigenvalue weighted by Gasteiger charge is 2.40. The second-order valence-electron chi connectivity index (χ2n) is 7.55. The van der Waals surface area contributed by atoms with Crippen molar-refractivity contribution in [2.45, 2.75) is 59.2 Å². The Kier molecular flexibility index (Phi) is 5.13. The normalized spacial score (nSPS) is 20.6. The Bertz CT molecular complexity index is 794. The van der Waals surface area contributed by atoms with Crippen LogP contribution < -0.4 is 5.32 Å². The average Bonchev–Trinajstić information content (AvgIpc) is 3.18. The molecule has 0 aromatic carbocycles. The Balaban J connectivity index is 1.75. The molecule has 142 valence electrons. The maximum Gasteiger partial charge on any atom is 0.226 e. The molecule has 3 rings (SSSR count). The van der Waals surface area contributed by atoms with Crippen molar-refractivity contribution < 1.29 is 9.32 Å². The van der Waals surface area contributed by atoms with E-state index in [1.54, 1.807) is 0 Å². The topological polar surface area (TPSA) is 89.1 Å². The molecule has 2 atom stereocenters. The summed E-state index contributed by atoms with van der Waals surface area (Å²) in [5.74, 6) is 1.88. The van der Waals surface area contributed by atoms with Crippen LogP contribution in [0.3, 0.4) is 0 Å². The first kappa shape index (κ1) is 18.6. The molecule has 26 heavy (non-hydrogen) atoms. The van der Waals surface area contributed by atoms with E-state index in [-0.39, 0.29) is 18.0 Å². The Labute approximate surface area is 153 Å². The van der Waals surface area contributed by atoms with Crippen molar-refractivity contribution in [3.8, 4) is 0 Å². The molecular weight excluding hydrogens is 332 g/mol. The minimum absolute atomic E-state index is 0.0128. The van der Waals surface area contributed by atoms with Crippen LogP contribution in [0.2, 0.25) is 0 Å². The van der Waals surface area contributed by atoms with Crippen LogP contribution in [0.1, 0.15) is 55.0 Å². The smallest absolute Gasteiger partial charge is 0.226 e. The predicted molar refractivity (Wildman–Crippen MR) is 96.3 cm³/mol. The average molecular weight is 360 g/mol. The summed E-state index contributed by atoms with van der Waals surface area (Å²) in [4.78, 5) is 18.6. The zero-order valence-electron chi connectivity index (χ0n) is 16.4. The Hall–Kier alpha value is -2.22. The number of nitrogens with one attached hydrogen (secondary N) is 1. The number of aryl methyl sites for hydroxylation is 2. The van der Waals surface area contributed by atoms with Crippen molar-refractivity contribution in [1.29, 1.82) is 0 Å². The van der Waals surface area contributed by atoms with Crippen LogP contribution in [-0.2, 0) is 24.8 Å². The first-order valence-electron chi connectivity index (χ1n) is 9.08. The fraction of sp³-hybridized carbons (Fsp3) is 0.667. The van der Waals surface area contributed by atoms with Crippen molar-refractivity contribution in [3.63, 3.8) is 0 Å². The van der Waals surface area contributed by atoms with E-state index >= 15 is 0 Å². The van der Waals surface area contributed by atoms with Gasteiger partial charge in [-0.2, -0.15) is 10.1 Å². The zero-order chi connectivity index (χ0) is 19.0. The van der Waals surface area contributed by atoms with Gasteiger partial charge < -0.3 is 14.7 Å². The molecule has 1 aliphatic heterocycles. The van der Waals surface area contributed by atoms with Crippen LogP contribution >= 0.6 is 0 Å². The fourth-order valence-corrected chi connectivity index (χ4v) is 3.68. The van der Waals surface area contributed by atoms with Crippen molar-refractivity contribution >= 4 is 5.91 Å². The van der Waals surface area contributed by atoms with Gasteiger partial charge in [0.05, 0.1) is 18.3 Å². The molecule has 0 unspecified atom stereocenters. The highest BCUT2D eigenvalue weighted by molar-refractivity contribution is 5.80. The predicted octanol–water partition coefficient (Wildman–Crippen LogP) is 1.68. The summed E-state index contributed by atoms with van der Waals surface area (Å²) < 4.78 is 7.16. The van der Waals surface area contributed by atoms with Gasteiger partial charge in [0.1, 0.15) is 0 Å². The van der Waals surface area contributed by atoms with Gasteiger partial charge >= 0.3 is 0 Å². The number of carbonyl (C=O) groups is 1. The number of likely N-dealkylation sites (tertiary alicyclic amines) is 1. The second-order valence-corrected chi connectivity index (χ2v) is 7.55. The van der Waals surface area contributed by atoms with Crippen molar-refractivity contribution in [2.24, 2.45) is 13.0 Å². The summed E-state index contributed by atoms with van der Waals surface area (Å²) in [7, 11) is 3.79. The van der Waals surface area contributed by atoms with E-state index in [0.717, 1.165) is 23.4 Å². The molecule has 0 bridgehead atoms. The van der Waals surface area contributed by atoms with Gasteiger partial charge in [-0.15, -0.1) is 0 Å². The summed E-state index contributed by atoms with van der Waals surface area (Å²) >= 11 is 0. The number of hydrogen-bond donors (Lipinski definition) is 1. The lowest BCUT2D eigenvalue weighted by molar-refractivity contribution is -0.127. The third-order valence-corrected chi connectivity index (χ3v) is 5.06. The van der Waals surface area contributed by atoms with Gasteiger partial charge in [-0.05, 0) is 19.8 Å². The molecule has 0 radical (unpaired) electrons. The van der Waals surface area contributed by atoms with Crippen LogP contribution in [0, 0.1) is 19.8 Å². The molecule has 0 saturated carbocycles. The first-order chi connectivity index (χ1) is 12.3. The van der Waals surface area contributed by atoms with Crippen LogP contribution in [0.5, 0.6) is 0 Å². The molecule has 1 amide bonds. The van der Waals surface area contributed by atoms with E-state index in [4.69, 9.17) is 4.52 Å². The first-order valence-corrected chi connectivity index (χ1v) is 9.08. The van der Waals surface area contributed by atoms with Crippen molar-refractivity contribution in [2.75, 3.05) is 7.05 Å². The van der Waals surface area contributed by atoms with E-state index in [2.05, 4.69) is 34.4 Å². The van der Waals surface area contributed by atoms with Crippen molar-refractivity contribution in [3.05, 3.63) is 28.7 Å². The van der Waals surface area contributed by atoms with Crippen LogP contribution in [0.25, 0.3) is 0 Å². The standard InChI is InChI=1S/C18H28N6O2/c1-10(2)7-15-20-14(22-26-15)9-19-13-8-16(25)23(5)18(13)17-11(3)21-24(6)12(17)4/h10,13,18-19H,7-9H2,1-6H3/t13-,18-/m1/s1. The number of nitrogens with zero attached hydrogens (tertiary/aromatic N) is 5. The lowest BCUT2D eigenvalue weighted by Crippen LogP contribution is -2.35. The van der Waals surface area contributed by atoms with Gasteiger partial charge in [0, 0.05) is 44.2 Å². The fourth-order valence-electron chi connectivity index (χ4n) is 3.68. The number of rotatable bonds is 6. The molecule has 1 aliphatic rings. The van der Waals surface area contributed by atoms with E-state index in [9.17, 15) is 4.79 Å². The van der Waals surface area contributed by atoms with E-state index in [1.807, 2.05) is 37.5 Å². The van der Waals surface area contributed by atoms with Crippen LogP contribution in [-0.4, -0.2) is 43.8 Å². The van der Waals surface area contributed by atoms with E-state index in [1.165, 1.54) is 0 Å². The summed E-state index contributed by atoms with van der Waals surface area (Å²) in [5.41, 5.74) is 3.16. The van der Waals surface area contributed by atoms with Gasteiger partial charge in [0.2, 0.25) is 11.8 Å². The zero-order valence-corrected chi connectivity index (χ0v) is 16.4. The van der Waals surface area contributed by atoms with Crippen LogP contribution in [0.15, 0.2) is 4.52 Å².